The van der Waals surface area contributed by atoms with Crippen molar-refractivity contribution < 1.29 is 5.11 Å². The zero-order valence-electron chi connectivity index (χ0n) is 17.3. The van der Waals surface area contributed by atoms with E-state index in [2.05, 4.69) is 30.9 Å². The molecular formula is C24H23ClN6O. The molecular weight excluding hydrogens is 424 g/mol. The maximum absolute atomic E-state index is 9.43. The summed E-state index contributed by atoms with van der Waals surface area (Å²) in [5.41, 5.74) is 2.93. The van der Waals surface area contributed by atoms with Gasteiger partial charge in [0.2, 0.25) is 17.8 Å². The number of para-hydroxylation sites is 1. The summed E-state index contributed by atoms with van der Waals surface area (Å²) in [6, 6.07) is 24.5. The van der Waals surface area contributed by atoms with Crippen molar-refractivity contribution in [3.8, 4) is 5.75 Å². The Morgan fingerprint density at radius 3 is 2.12 bits per heavy atom. The van der Waals surface area contributed by atoms with Gasteiger partial charge in [0.25, 0.3) is 0 Å². The highest BCUT2D eigenvalue weighted by atomic mass is 35.5. The average Bonchev–Trinajstić information content (AvgIpc) is 2.80. The zero-order chi connectivity index (χ0) is 22.2. The lowest BCUT2D eigenvalue weighted by molar-refractivity contribution is 0.475. The van der Waals surface area contributed by atoms with Gasteiger partial charge in [0.1, 0.15) is 5.75 Å². The van der Waals surface area contributed by atoms with Gasteiger partial charge in [-0.25, -0.2) is 0 Å². The summed E-state index contributed by atoms with van der Waals surface area (Å²) in [7, 11) is 0. The van der Waals surface area contributed by atoms with Gasteiger partial charge >= 0.3 is 0 Å². The number of halogens is 1. The number of aromatic nitrogens is 3. The van der Waals surface area contributed by atoms with Gasteiger partial charge in [-0.15, -0.1) is 0 Å². The van der Waals surface area contributed by atoms with E-state index in [1.54, 1.807) is 12.1 Å². The predicted octanol–water partition coefficient (Wildman–Crippen LogP) is 5.24. The van der Waals surface area contributed by atoms with E-state index in [4.69, 9.17) is 11.6 Å². The van der Waals surface area contributed by atoms with Crippen molar-refractivity contribution in [1.29, 1.82) is 0 Å². The number of anilines is 4. The third kappa shape index (κ3) is 6.09. The topological polar surface area (TPSA) is 95.0 Å². The van der Waals surface area contributed by atoms with Gasteiger partial charge in [-0.05, 0) is 47.9 Å². The lowest BCUT2D eigenvalue weighted by atomic mass is 10.1. The molecule has 1 aromatic heterocycles. The molecule has 0 aliphatic carbocycles. The van der Waals surface area contributed by atoms with E-state index in [0.717, 1.165) is 23.2 Å². The minimum atomic E-state index is 0.255. The van der Waals surface area contributed by atoms with E-state index < -0.39 is 0 Å². The Labute approximate surface area is 191 Å². The number of benzene rings is 3. The first-order valence-corrected chi connectivity index (χ1v) is 10.6. The first-order chi connectivity index (χ1) is 15.7. The Morgan fingerprint density at radius 2 is 1.38 bits per heavy atom. The molecule has 0 atom stereocenters. The van der Waals surface area contributed by atoms with Crippen molar-refractivity contribution in [3.63, 3.8) is 0 Å². The SMILES string of the molecule is Oc1ccc(CCNc2nc(NCc3ccccc3Cl)nc(Nc3ccccc3)n2)cc1. The fourth-order valence-corrected chi connectivity index (χ4v) is 3.24. The highest BCUT2D eigenvalue weighted by Gasteiger charge is 2.08. The monoisotopic (exact) mass is 446 g/mol. The third-order valence-corrected chi connectivity index (χ3v) is 5.06. The number of rotatable bonds is 9. The van der Waals surface area contributed by atoms with Crippen molar-refractivity contribution in [1.82, 2.24) is 15.0 Å². The smallest absolute Gasteiger partial charge is 0.233 e. The molecule has 0 saturated carbocycles. The quantitative estimate of drug-likeness (QED) is 0.279. The molecule has 4 rings (SSSR count). The van der Waals surface area contributed by atoms with Crippen LogP contribution in [0.2, 0.25) is 5.02 Å². The summed E-state index contributed by atoms with van der Waals surface area (Å²) in [5, 5.41) is 19.8. The van der Waals surface area contributed by atoms with E-state index in [-0.39, 0.29) is 5.75 Å². The zero-order valence-corrected chi connectivity index (χ0v) is 18.0. The van der Waals surface area contributed by atoms with Gasteiger partial charge in [0.15, 0.2) is 0 Å². The highest BCUT2D eigenvalue weighted by molar-refractivity contribution is 6.31. The van der Waals surface area contributed by atoms with Crippen molar-refractivity contribution in [2.75, 3.05) is 22.5 Å². The first kappa shape index (κ1) is 21.4. The normalized spacial score (nSPS) is 10.5. The number of aromatic hydroxyl groups is 1. The van der Waals surface area contributed by atoms with E-state index in [9.17, 15) is 5.11 Å². The van der Waals surface area contributed by atoms with Crippen LogP contribution >= 0.6 is 11.6 Å². The average molecular weight is 447 g/mol. The van der Waals surface area contributed by atoms with Gasteiger partial charge in [-0.2, -0.15) is 15.0 Å². The number of hydrogen-bond donors (Lipinski definition) is 4. The van der Waals surface area contributed by atoms with Crippen LogP contribution < -0.4 is 16.0 Å². The minimum absolute atomic E-state index is 0.255. The second kappa shape index (κ2) is 10.5. The Balaban J connectivity index is 1.48. The summed E-state index contributed by atoms with van der Waals surface area (Å²) in [6.07, 6.45) is 0.760. The van der Waals surface area contributed by atoms with Crippen LogP contribution in [0.15, 0.2) is 78.9 Å². The second-order valence-electron chi connectivity index (χ2n) is 7.09. The number of phenols is 1. The molecule has 0 spiro atoms. The third-order valence-electron chi connectivity index (χ3n) is 4.69. The lowest BCUT2D eigenvalue weighted by Crippen LogP contribution is -2.13. The molecule has 0 saturated heterocycles. The fourth-order valence-electron chi connectivity index (χ4n) is 3.04. The van der Waals surface area contributed by atoms with Crippen LogP contribution in [0, 0.1) is 0 Å². The molecule has 0 amide bonds. The predicted molar refractivity (Wildman–Crippen MR) is 129 cm³/mol. The van der Waals surface area contributed by atoms with Gasteiger partial charge in [-0.1, -0.05) is 60.1 Å². The number of nitrogens with one attached hydrogen (secondary N) is 3. The fraction of sp³-hybridized carbons (Fsp3) is 0.125. The van der Waals surface area contributed by atoms with E-state index in [1.165, 1.54) is 0 Å². The highest BCUT2D eigenvalue weighted by Crippen LogP contribution is 2.19. The Bertz CT molecular complexity index is 1150. The lowest BCUT2D eigenvalue weighted by Gasteiger charge is -2.12. The molecule has 0 aliphatic rings. The van der Waals surface area contributed by atoms with E-state index in [0.29, 0.717) is 36.0 Å². The largest absolute Gasteiger partial charge is 0.508 e. The Kier molecular flexibility index (Phi) is 6.99. The minimum Gasteiger partial charge on any atom is -0.508 e. The van der Waals surface area contributed by atoms with Gasteiger partial charge < -0.3 is 21.1 Å². The van der Waals surface area contributed by atoms with E-state index in [1.807, 2.05) is 66.7 Å². The molecule has 3 aromatic carbocycles. The van der Waals surface area contributed by atoms with Gasteiger partial charge in [0.05, 0.1) is 0 Å². The van der Waals surface area contributed by atoms with Gasteiger partial charge in [-0.3, -0.25) is 0 Å². The Morgan fingerprint density at radius 1 is 0.719 bits per heavy atom. The van der Waals surface area contributed by atoms with Crippen molar-refractivity contribution in [3.05, 3.63) is 95.0 Å². The number of hydrogen-bond acceptors (Lipinski definition) is 7. The van der Waals surface area contributed by atoms with Crippen LogP contribution in [-0.4, -0.2) is 26.6 Å². The molecule has 7 nitrogen and oxygen atoms in total. The molecule has 0 fully saturated rings. The molecule has 8 heteroatoms. The molecule has 0 unspecified atom stereocenters. The first-order valence-electron chi connectivity index (χ1n) is 10.2. The summed E-state index contributed by atoms with van der Waals surface area (Å²) in [5.74, 6) is 1.58. The summed E-state index contributed by atoms with van der Waals surface area (Å²) in [4.78, 5) is 13.5. The maximum Gasteiger partial charge on any atom is 0.233 e. The molecule has 1 heterocycles. The number of phenolic OH excluding ortho intramolecular Hbond substituents is 1. The number of nitrogens with zero attached hydrogens (tertiary/aromatic N) is 3. The molecule has 0 radical (unpaired) electrons. The molecule has 0 aliphatic heterocycles. The summed E-state index contributed by atoms with van der Waals surface area (Å²) in [6.45, 7) is 1.12. The second-order valence-corrected chi connectivity index (χ2v) is 7.49. The van der Waals surface area contributed by atoms with Crippen LogP contribution in [0.3, 0.4) is 0 Å². The molecule has 4 N–H and O–H groups in total. The van der Waals surface area contributed by atoms with Crippen LogP contribution in [0.1, 0.15) is 11.1 Å². The molecule has 32 heavy (non-hydrogen) atoms. The summed E-state index contributed by atoms with van der Waals surface area (Å²) >= 11 is 6.26. The molecule has 0 bridgehead atoms. The standard InChI is InChI=1S/C24H23ClN6O/c25-21-9-5-4-6-18(21)16-27-23-29-22(26-15-14-17-10-12-20(32)13-11-17)30-24(31-23)28-19-7-2-1-3-8-19/h1-13,32H,14-16H2,(H3,26,27,28,29,30,31). The van der Waals surface area contributed by atoms with Crippen molar-refractivity contribution in [2.45, 2.75) is 13.0 Å². The van der Waals surface area contributed by atoms with Crippen LogP contribution in [-0.2, 0) is 13.0 Å². The van der Waals surface area contributed by atoms with Gasteiger partial charge in [0, 0.05) is 23.8 Å². The maximum atomic E-state index is 9.43. The molecule has 162 valence electrons. The van der Waals surface area contributed by atoms with E-state index >= 15 is 0 Å². The van der Waals surface area contributed by atoms with Crippen LogP contribution in [0.5, 0.6) is 5.75 Å². The summed E-state index contributed by atoms with van der Waals surface area (Å²) < 4.78 is 0. The van der Waals surface area contributed by atoms with Crippen molar-refractivity contribution in [2.24, 2.45) is 0 Å². The van der Waals surface area contributed by atoms with Crippen molar-refractivity contribution >= 4 is 35.1 Å². The molecule has 4 aromatic rings. The van der Waals surface area contributed by atoms with Crippen LogP contribution in [0.25, 0.3) is 0 Å². The Hall–Kier alpha value is -3.84. The van der Waals surface area contributed by atoms with Crippen LogP contribution in [0.4, 0.5) is 23.5 Å².